The average molecular weight is 294 g/mol. The maximum atomic E-state index is 12.3. The van der Waals surface area contributed by atoms with Crippen LogP contribution in [0.2, 0.25) is 0 Å². The lowest BCUT2D eigenvalue weighted by Crippen LogP contribution is -2.23. The van der Waals surface area contributed by atoms with E-state index in [4.69, 9.17) is 10.5 Å². The lowest BCUT2D eigenvalue weighted by Gasteiger charge is -2.09. The first-order chi connectivity index (χ1) is 10.8. The molecule has 0 unspecified atom stereocenters. The number of hydrogen-bond donors (Lipinski definition) is 1. The molecule has 1 heterocycles. The van der Waals surface area contributed by atoms with Crippen LogP contribution in [-0.4, -0.2) is 11.1 Å². The van der Waals surface area contributed by atoms with Gasteiger partial charge in [0, 0.05) is 24.7 Å². The highest BCUT2D eigenvalue weighted by Crippen LogP contribution is 2.19. The summed E-state index contributed by atoms with van der Waals surface area (Å²) < 4.78 is 7.42. The predicted octanol–water partition coefficient (Wildman–Crippen LogP) is 2.54. The fourth-order valence-electron chi connectivity index (χ4n) is 2.41. The third-order valence-corrected chi connectivity index (χ3v) is 3.57. The van der Waals surface area contributed by atoms with E-state index < -0.39 is 0 Å². The highest BCUT2D eigenvalue weighted by Gasteiger charge is 2.04. The molecular formula is C18H18N2O2. The minimum Gasteiger partial charge on any atom is -0.489 e. The average Bonchev–Trinajstić information content (AvgIpc) is 2.56. The van der Waals surface area contributed by atoms with Gasteiger partial charge in [-0.15, -0.1) is 0 Å². The fraction of sp³-hybridized carbons (Fsp3) is 0.167. The largest absolute Gasteiger partial charge is 0.489 e. The number of rotatable bonds is 5. The van der Waals surface area contributed by atoms with Gasteiger partial charge in [0.15, 0.2) is 0 Å². The van der Waals surface area contributed by atoms with Gasteiger partial charge >= 0.3 is 0 Å². The van der Waals surface area contributed by atoms with Gasteiger partial charge in [0.05, 0.1) is 0 Å². The monoisotopic (exact) mass is 294 g/mol. The molecule has 2 aromatic carbocycles. The number of ether oxygens (including phenoxy) is 1. The molecule has 0 spiro atoms. The fourth-order valence-corrected chi connectivity index (χ4v) is 2.41. The lowest BCUT2D eigenvalue weighted by atomic mass is 10.1. The SMILES string of the molecule is NCCn1ccc2cc(OCc3ccccc3)ccc2c1=O. The van der Waals surface area contributed by atoms with Crippen molar-refractivity contribution in [2.75, 3.05) is 6.54 Å². The molecule has 0 bridgehead atoms. The minimum atomic E-state index is -0.0161. The summed E-state index contributed by atoms with van der Waals surface area (Å²) in [5.74, 6) is 0.757. The van der Waals surface area contributed by atoms with Gasteiger partial charge in [0.2, 0.25) is 0 Å². The molecule has 2 N–H and O–H groups in total. The Hall–Kier alpha value is -2.59. The molecule has 0 aliphatic carbocycles. The zero-order valence-corrected chi connectivity index (χ0v) is 12.2. The Kier molecular flexibility index (Phi) is 4.21. The molecular weight excluding hydrogens is 276 g/mol. The van der Waals surface area contributed by atoms with Crippen molar-refractivity contribution < 1.29 is 4.74 Å². The van der Waals surface area contributed by atoms with Gasteiger partial charge in [0.1, 0.15) is 12.4 Å². The molecule has 22 heavy (non-hydrogen) atoms. The van der Waals surface area contributed by atoms with E-state index in [0.29, 0.717) is 25.1 Å². The first kappa shape index (κ1) is 14.4. The second-order valence-electron chi connectivity index (χ2n) is 5.13. The van der Waals surface area contributed by atoms with E-state index in [9.17, 15) is 4.79 Å². The van der Waals surface area contributed by atoms with Crippen molar-refractivity contribution in [1.29, 1.82) is 0 Å². The summed E-state index contributed by atoms with van der Waals surface area (Å²) in [4.78, 5) is 12.3. The van der Waals surface area contributed by atoms with Crippen LogP contribution >= 0.6 is 0 Å². The molecule has 0 radical (unpaired) electrons. The maximum absolute atomic E-state index is 12.3. The van der Waals surface area contributed by atoms with E-state index in [1.165, 1.54) is 0 Å². The van der Waals surface area contributed by atoms with E-state index in [-0.39, 0.29) is 5.56 Å². The molecule has 0 fully saturated rings. The summed E-state index contributed by atoms with van der Waals surface area (Å²) in [5.41, 5.74) is 6.61. The van der Waals surface area contributed by atoms with Crippen LogP contribution in [-0.2, 0) is 13.2 Å². The van der Waals surface area contributed by atoms with Crippen molar-refractivity contribution in [3.05, 3.63) is 76.7 Å². The van der Waals surface area contributed by atoms with Gasteiger partial charge in [-0.2, -0.15) is 0 Å². The van der Waals surface area contributed by atoms with Crippen LogP contribution in [0.25, 0.3) is 10.8 Å². The van der Waals surface area contributed by atoms with E-state index in [1.54, 1.807) is 10.8 Å². The number of fused-ring (bicyclic) bond motifs is 1. The van der Waals surface area contributed by atoms with Gasteiger partial charge in [-0.05, 0) is 35.2 Å². The normalized spacial score (nSPS) is 10.8. The molecule has 0 saturated carbocycles. The molecule has 0 atom stereocenters. The van der Waals surface area contributed by atoms with Gasteiger partial charge in [-0.25, -0.2) is 0 Å². The van der Waals surface area contributed by atoms with Crippen molar-refractivity contribution in [2.45, 2.75) is 13.2 Å². The molecule has 3 rings (SSSR count). The number of pyridine rings is 1. The minimum absolute atomic E-state index is 0.0161. The Balaban J connectivity index is 1.84. The van der Waals surface area contributed by atoms with Crippen LogP contribution in [0, 0.1) is 0 Å². The van der Waals surface area contributed by atoms with Crippen molar-refractivity contribution in [1.82, 2.24) is 4.57 Å². The van der Waals surface area contributed by atoms with E-state index in [2.05, 4.69) is 0 Å². The van der Waals surface area contributed by atoms with Crippen LogP contribution in [0.3, 0.4) is 0 Å². The molecule has 3 aromatic rings. The third kappa shape index (κ3) is 3.02. The van der Waals surface area contributed by atoms with Crippen LogP contribution < -0.4 is 16.0 Å². The van der Waals surface area contributed by atoms with E-state index in [1.807, 2.05) is 54.6 Å². The van der Waals surface area contributed by atoms with Gasteiger partial charge < -0.3 is 15.0 Å². The smallest absolute Gasteiger partial charge is 0.258 e. The van der Waals surface area contributed by atoms with E-state index >= 15 is 0 Å². The van der Waals surface area contributed by atoms with Crippen LogP contribution in [0.1, 0.15) is 5.56 Å². The van der Waals surface area contributed by atoms with Crippen molar-refractivity contribution in [3.63, 3.8) is 0 Å². The van der Waals surface area contributed by atoms with Crippen molar-refractivity contribution in [3.8, 4) is 5.75 Å². The van der Waals surface area contributed by atoms with Crippen molar-refractivity contribution >= 4 is 10.8 Å². The zero-order valence-electron chi connectivity index (χ0n) is 12.2. The molecule has 1 aromatic heterocycles. The Labute approximate surface area is 128 Å². The van der Waals surface area contributed by atoms with Gasteiger partial charge in [-0.1, -0.05) is 30.3 Å². The first-order valence-corrected chi connectivity index (χ1v) is 7.28. The summed E-state index contributed by atoms with van der Waals surface area (Å²) in [6, 6.07) is 17.4. The summed E-state index contributed by atoms with van der Waals surface area (Å²) in [6.45, 7) is 1.49. The summed E-state index contributed by atoms with van der Waals surface area (Å²) in [6.07, 6.45) is 1.78. The topological polar surface area (TPSA) is 57.2 Å². The summed E-state index contributed by atoms with van der Waals surface area (Å²) in [7, 11) is 0. The Morgan fingerprint density at radius 3 is 2.64 bits per heavy atom. The second kappa shape index (κ2) is 6.45. The van der Waals surface area contributed by atoms with Crippen LogP contribution in [0.15, 0.2) is 65.6 Å². The maximum Gasteiger partial charge on any atom is 0.258 e. The van der Waals surface area contributed by atoms with Gasteiger partial charge in [0.25, 0.3) is 5.56 Å². The lowest BCUT2D eigenvalue weighted by molar-refractivity contribution is 0.306. The number of nitrogens with two attached hydrogens (primary N) is 1. The zero-order chi connectivity index (χ0) is 15.4. The number of hydrogen-bond acceptors (Lipinski definition) is 3. The standard InChI is InChI=1S/C18H18N2O2/c19-9-11-20-10-8-15-12-16(6-7-17(15)18(20)21)22-13-14-4-2-1-3-5-14/h1-8,10,12H,9,11,13,19H2. The Bertz CT molecular complexity index is 825. The van der Waals surface area contributed by atoms with Gasteiger partial charge in [-0.3, -0.25) is 4.79 Å². The van der Waals surface area contributed by atoms with Crippen LogP contribution in [0.4, 0.5) is 0 Å². The number of aromatic nitrogens is 1. The molecule has 4 heteroatoms. The quantitative estimate of drug-likeness (QED) is 0.786. The highest BCUT2D eigenvalue weighted by molar-refractivity contribution is 5.82. The summed E-state index contributed by atoms with van der Waals surface area (Å²) >= 11 is 0. The second-order valence-corrected chi connectivity index (χ2v) is 5.13. The molecule has 4 nitrogen and oxygen atoms in total. The van der Waals surface area contributed by atoms with Crippen molar-refractivity contribution in [2.24, 2.45) is 5.73 Å². The molecule has 112 valence electrons. The van der Waals surface area contributed by atoms with Crippen LogP contribution in [0.5, 0.6) is 5.75 Å². The number of benzene rings is 2. The first-order valence-electron chi connectivity index (χ1n) is 7.28. The Morgan fingerprint density at radius 1 is 1.05 bits per heavy atom. The van der Waals surface area contributed by atoms with E-state index in [0.717, 1.165) is 16.7 Å². The third-order valence-electron chi connectivity index (χ3n) is 3.57. The molecule has 0 aliphatic rings. The Morgan fingerprint density at radius 2 is 1.86 bits per heavy atom. The molecule has 0 saturated heterocycles. The molecule has 0 aliphatic heterocycles. The number of nitrogens with zero attached hydrogens (tertiary/aromatic N) is 1. The highest BCUT2D eigenvalue weighted by atomic mass is 16.5. The predicted molar refractivity (Wildman–Crippen MR) is 88.0 cm³/mol. The summed E-state index contributed by atoms with van der Waals surface area (Å²) in [5, 5.41) is 1.56. The molecule has 0 amide bonds.